The van der Waals surface area contributed by atoms with E-state index in [4.69, 9.17) is 20.9 Å². The number of hydrogen-bond donors (Lipinski definition) is 1. The van der Waals surface area contributed by atoms with Gasteiger partial charge in [0.05, 0.1) is 16.3 Å². The van der Waals surface area contributed by atoms with E-state index in [0.29, 0.717) is 17.5 Å². The number of anilines is 1. The van der Waals surface area contributed by atoms with Gasteiger partial charge in [-0.15, -0.1) is 0 Å². The predicted octanol–water partition coefficient (Wildman–Crippen LogP) is 4.00. The number of carbonyl (C=O) groups is 1. The second-order valence-electron chi connectivity index (χ2n) is 5.07. The Hall–Kier alpha value is -2.93. The van der Waals surface area contributed by atoms with Crippen LogP contribution in [0.2, 0.25) is 5.02 Å². The lowest BCUT2D eigenvalue weighted by atomic mass is 10.2. The Balaban J connectivity index is 1.77. The molecule has 3 rings (SSSR count). The van der Waals surface area contributed by atoms with Gasteiger partial charge in [-0.05, 0) is 24.3 Å². The second-order valence-corrected chi connectivity index (χ2v) is 5.48. The van der Waals surface area contributed by atoms with Crippen LogP contribution >= 0.6 is 11.6 Å². The zero-order chi connectivity index (χ0) is 17.8. The maximum atomic E-state index is 13.9. The van der Waals surface area contributed by atoms with Crippen molar-refractivity contribution in [1.29, 1.82) is 0 Å². The molecule has 0 fully saturated rings. The standard InChI is InChI=1S/C17H13ClFN3O3/c1-10-20-15(22-25-10)9-24-14-8-3-2-5-11(14)17(23)21-13-7-4-6-12(18)16(13)19/h2-8H,9H2,1H3,(H,21,23). The minimum atomic E-state index is -0.696. The van der Waals surface area contributed by atoms with Crippen molar-refractivity contribution in [3.05, 3.63) is 70.6 Å². The quantitative estimate of drug-likeness (QED) is 0.743. The summed E-state index contributed by atoms with van der Waals surface area (Å²) < 4.78 is 24.4. The number of aromatic nitrogens is 2. The van der Waals surface area contributed by atoms with Crippen LogP contribution in [0, 0.1) is 12.7 Å². The number of nitrogens with zero attached hydrogens (tertiary/aromatic N) is 2. The summed E-state index contributed by atoms with van der Waals surface area (Å²) >= 11 is 5.72. The lowest BCUT2D eigenvalue weighted by molar-refractivity contribution is 0.102. The Morgan fingerprint density at radius 1 is 1.28 bits per heavy atom. The number of benzene rings is 2. The predicted molar refractivity (Wildman–Crippen MR) is 89.2 cm³/mol. The summed E-state index contributed by atoms with van der Waals surface area (Å²) in [5.74, 6) is -0.140. The minimum absolute atomic E-state index is 0.0129. The molecular weight excluding hydrogens is 349 g/mol. The first-order valence-electron chi connectivity index (χ1n) is 7.31. The SMILES string of the molecule is Cc1nc(COc2ccccc2C(=O)Nc2cccc(Cl)c2F)no1. The highest BCUT2D eigenvalue weighted by Crippen LogP contribution is 2.25. The third-order valence-corrected chi connectivity index (χ3v) is 3.55. The van der Waals surface area contributed by atoms with E-state index >= 15 is 0 Å². The summed E-state index contributed by atoms with van der Waals surface area (Å²) in [7, 11) is 0. The molecule has 2 aromatic carbocycles. The molecule has 0 saturated heterocycles. The molecule has 0 saturated carbocycles. The molecule has 0 aliphatic heterocycles. The van der Waals surface area contributed by atoms with Crippen molar-refractivity contribution in [2.45, 2.75) is 13.5 Å². The Bertz CT molecular complexity index is 914. The average molecular weight is 362 g/mol. The summed E-state index contributed by atoms with van der Waals surface area (Å²) in [6.07, 6.45) is 0. The molecule has 6 nitrogen and oxygen atoms in total. The molecule has 0 bridgehead atoms. The molecule has 0 atom stereocenters. The van der Waals surface area contributed by atoms with E-state index in [1.165, 1.54) is 12.1 Å². The maximum Gasteiger partial charge on any atom is 0.259 e. The van der Waals surface area contributed by atoms with Crippen LogP contribution < -0.4 is 10.1 Å². The Labute approximate surface area is 147 Å². The van der Waals surface area contributed by atoms with E-state index < -0.39 is 11.7 Å². The van der Waals surface area contributed by atoms with Crippen molar-refractivity contribution in [3.8, 4) is 5.75 Å². The topological polar surface area (TPSA) is 77.2 Å². The molecule has 1 N–H and O–H groups in total. The van der Waals surface area contributed by atoms with Crippen molar-refractivity contribution in [1.82, 2.24) is 10.1 Å². The van der Waals surface area contributed by atoms with Crippen molar-refractivity contribution < 1.29 is 18.4 Å². The van der Waals surface area contributed by atoms with Crippen molar-refractivity contribution in [2.75, 3.05) is 5.32 Å². The molecular formula is C17H13ClFN3O3. The molecule has 1 heterocycles. The summed E-state index contributed by atoms with van der Waals surface area (Å²) in [5, 5.41) is 6.13. The molecule has 1 amide bonds. The molecule has 0 aliphatic rings. The third kappa shape index (κ3) is 3.95. The van der Waals surface area contributed by atoms with E-state index in [1.54, 1.807) is 37.3 Å². The Morgan fingerprint density at radius 3 is 2.84 bits per heavy atom. The lowest BCUT2D eigenvalue weighted by Gasteiger charge is -2.11. The highest BCUT2D eigenvalue weighted by atomic mass is 35.5. The van der Waals surface area contributed by atoms with Gasteiger partial charge in [0, 0.05) is 6.92 Å². The fraction of sp³-hybridized carbons (Fsp3) is 0.118. The smallest absolute Gasteiger partial charge is 0.259 e. The molecule has 128 valence electrons. The van der Waals surface area contributed by atoms with Crippen LogP contribution in [-0.2, 0) is 6.61 Å². The lowest BCUT2D eigenvalue weighted by Crippen LogP contribution is -2.14. The van der Waals surface area contributed by atoms with Gasteiger partial charge in [0.25, 0.3) is 5.91 Å². The number of rotatable bonds is 5. The summed E-state index contributed by atoms with van der Waals surface area (Å²) in [6.45, 7) is 1.70. The number of amides is 1. The first-order chi connectivity index (χ1) is 12.0. The van der Waals surface area contributed by atoms with Gasteiger partial charge in [-0.25, -0.2) is 4.39 Å². The number of halogens is 2. The molecule has 1 aromatic heterocycles. The largest absolute Gasteiger partial charge is 0.485 e. The monoisotopic (exact) mass is 361 g/mol. The van der Waals surface area contributed by atoms with Crippen LogP contribution in [0.4, 0.5) is 10.1 Å². The minimum Gasteiger partial charge on any atom is -0.485 e. The summed E-state index contributed by atoms with van der Waals surface area (Å²) in [5.41, 5.74) is 0.225. The number of carbonyl (C=O) groups excluding carboxylic acids is 1. The van der Waals surface area contributed by atoms with Gasteiger partial charge in [-0.2, -0.15) is 4.98 Å². The number of ether oxygens (including phenoxy) is 1. The fourth-order valence-electron chi connectivity index (χ4n) is 2.11. The zero-order valence-corrected chi connectivity index (χ0v) is 13.9. The molecule has 0 aliphatic carbocycles. The van der Waals surface area contributed by atoms with E-state index in [0.717, 1.165) is 0 Å². The van der Waals surface area contributed by atoms with Gasteiger partial charge < -0.3 is 14.6 Å². The highest BCUT2D eigenvalue weighted by Gasteiger charge is 2.16. The van der Waals surface area contributed by atoms with E-state index in [9.17, 15) is 9.18 Å². The molecule has 0 radical (unpaired) electrons. The van der Waals surface area contributed by atoms with Crippen LogP contribution in [0.15, 0.2) is 47.0 Å². The van der Waals surface area contributed by atoms with Crippen LogP contribution in [0.3, 0.4) is 0 Å². The van der Waals surface area contributed by atoms with Crippen LogP contribution in [0.25, 0.3) is 0 Å². The van der Waals surface area contributed by atoms with Crippen LogP contribution in [-0.4, -0.2) is 16.0 Å². The van der Waals surface area contributed by atoms with Gasteiger partial charge in [0.15, 0.2) is 12.4 Å². The third-order valence-electron chi connectivity index (χ3n) is 3.26. The number of para-hydroxylation sites is 1. The Morgan fingerprint density at radius 2 is 2.08 bits per heavy atom. The van der Waals surface area contributed by atoms with Gasteiger partial charge >= 0.3 is 0 Å². The van der Waals surface area contributed by atoms with E-state index in [1.807, 2.05) is 0 Å². The van der Waals surface area contributed by atoms with Crippen LogP contribution in [0.5, 0.6) is 5.75 Å². The Kier molecular flexibility index (Phi) is 4.95. The fourth-order valence-corrected chi connectivity index (χ4v) is 2.29. The summed E-state index contributed by atoms with van der Waals surface area (Å²) in [6, 6.07) is 10.9. The van der Waals surface area contributed by atoms with Gasteiger partial charge in [-0.1, -0.05) is 35.0 Å². The summed E-state index contributed by atoms with van der Waals surface area (Å²) in [4.78, 5) is 16.5. The van der Waals surface area contributed by atoms with Crippen molar-refractivity contribution >= 4 is 23.2 Å². The zero-order valence-electron chi connectivity index (χ0n) is 13.1. The number of aryl methyl sites for hydroxylation is 1. The maximum absolute atomic E-state index is 13.9. The average Bonchev–Trinajstić information content (AvgIpc) is 3.03. The van der Waals surface area contributed by atoms with Crippen molar-refractivity contribution in [3.63, 3.8) is 0 Å². The number of nitrogens with one attached hydrogen (secondary N) is 1. The van der Waals surface area contributed by atoms with Crippen molar-refractivity contribution in [2.24, 2.45) is 0 Å². The highest BCUT2D eigenvalue weighted by molar-refractivity contribution is 6.31. The van der Waals surface area contributed by atoms with Gasteiger partial charge in [-0.3, -0.25) is 4.79 Å². The molecule has 0 spiro atoms. The molecule has 0 unspecified atom stereocenters. The van der Waals surface area contributed by atoms with Gasteiger partial charge in [0.2, 0.25) is 11.7 Å². The molecule has 25 heavy (non-hydrogen) atoms. The second kappa shape index (κ2) is 7.31. The van der Waals surface area contributed by atoms with E-state index in [2.05, 4.69) is 15.5 Å². The first-order valence-corrected chi connectivity index (χ1v) is 7.69. The normalized spacial score (nSPS) is 10.5. The van der Waals surface area contributed by atoms with Gasteiger partial charge in [0.1, 0.15) is 5.75 Å². The molecule has 8 heteroatoms. The number of hydrogen-bond acceptors (Lipinski definition) is 5. The van der Waals surface area contributed by atoms with E-state index in [-0.39, 0.29) is 22.9 Å². The van der Waals surface area contributed by atoms with Crippen LogP contribution in [0.1, 0.15) is 22.1 Å². The first kappa shape index (κ1) is 16.9. The molecule has 3 aromatic rings.